The molecule has 0 spiro atoms. The first-order chi connectivity index (χ1) is 16.2. The third kappa shape index (κ3) is 5.67. The minimum Gasteiger partial charge on any atom is -0.322 e. The second kappa shape index (κ2) is 10.3. The summed E-state index contributed by atoms with van der Waals surface area (Å²) in [4.78, 5) is 15.2. The van der Waals surface area contributed by atoms with E-state index < -0.39 is 10.0 Å². The molecule has 1 N–H and O–H groups in total. The second-order valence-corrected chi connectivity index (χ2v) is 11.0. The molecule has 0 atom stereocenters. The van der Waals surface area contributed by atoms with Gasteiger partial charge in [0.2, 0.25) is 10.0 Å². The molecule has 4 rings (SSSR count). The molecular formula is C26H28ClN3O3S. The normalized spacial score (nSPS) is 15.3. The van der Waals surface area contributed by atoms with Gasteiger partial charge in [-0.15, -0.1) is 0 Å². The van der Waals surface area contributed by atoms with Gasteiger partial charge in [-0.2, -0.15) is 4.31 Å². The number of anilines is 1. The van der Waals surface area contributed by atoms with Gasteiger partial charge in [-0.05, 0) is 61.4 Å². The average molecular weight is 498 g/mol. The number of hydrogen-bond acceptors (Lipinski definition) is 4. The molecule has 3 aromatic carbocycles. The molecule has 1 heterocycles. The molecule has 1 saturated heterocycles. The first kappa shape index (κ1) is 24.4. The van der Waals surface area contributed by atoms with E-state index in [2.05, 4.69) is 10.2 Å². The number of aryl methyl sites for hydroxylation is 2. The largest absolute Gasteiger partial charge is 0.322 e. The molecular weight excluding hydrogens is 470 g/mol. The summed E-state index contributed by atoms with van der Waals surface area (Å²) in [6.07, 6.45) is 0. The molecule has 1 aliphatic heterocycles. The SMILES string of the molecule is Cc1ccc(S(=O)(=O)N2CCN(Cc3ccc(C(=O)Nc4cc(Cl)ccc4C)cc3)CC2)cc1. The number of benzene rings is 3. The van der Waals surface area contributed by atoms with Crippen LogP contribution in [0.1, 0.15) is 27.0 Å². The Morgan fingerprint density at radius 3 is 2.21 bits per heavy atom. The van der Waals surface area contributed by atoms with Crippen LogP contribution in [0.5, 0.6) is 0 Å². The van der Waals surface area contributed by atoms with E-state index in [0.29, 0.717) is 53.9 Å². The zero-order chi connectivity index (χ0) is 24.3. The Morgan fingerprint density at radius 2 is 1.56 bits per heavy atom. The highest BCUT2D eigenvalue weighted by molar-refractivity contribution is 7.89. The predicted molar refractivity (Wildman–Crippen MR) is 136 cm³/mol. The third-order valence-corrected chi connectivity index (χ3v) is 8.21. The van der Waals surface area contributed by atoms with Crippen LogP contribution in [-0.4, -0.2) is 49.7 Å². The molecule has 0 radical (unpaired) electrons. The van der Waals surface area contributed by atoms with Crippen LogP contribution in [0.25, 0.3) is 0 Å². The summed E-state index contributed by atoms with van der Waals surface area (Å²) in [6.45, 7) is 6.77. The molecule has 1 fully saturated rings. The average Bonchev–Trinajstić information content (AvgIpc) is 2.82. The van der Waals surface area contributed by atoms with Crippen molar-refractivity contribution in [1.82, 2.24) is 9.21 Å². The number of carbonyl (C=O) groups excluding carboxylic acids is 1. The van der Waals surface area contributed by atoms with Crippen molar-refractivity contribution in [2.24, 2.45) is 0 Å². The monoisotopic (exact) mass is 497 g/mol. The number of rotatable bonds is 6. The molecule has 34 heavy (non-hydrogen) atoms. The van der Waals surface area contributed by atoms with Crippen molar-refractivity contribution in [2.75, 3.05) is 31.5 Å². The van der Waals surface area contributed by atoms with Gasteiger partial charge in [-0.25, -0.2) is 8.42 Å². The molecule has 0 bridgehead atoms. The van der Waals surface area contributed by atoms with Crippen molar-refractivity contribution in [3.05, 3.63) is 94.0 Å². The molecule has 1 amide bonds. The summed E-state index contributed by atoms with van der Waals surface area (Å²) in [5.74, 6) is -0.188. The van der Waals surface area contributed by atoms with Crippen LogP contribution in [-0.2, 0) is 16.6 Å². The molecule has 0 unspecified atom stereocenters. The second-order valence-electron chi connectivity index (χ2n) is 8.60. The highest BCUT2D eigenvalue weighted by Crippen LogP contribution is 2.22. The van der Waals surface area contributed by atoms with Crippen LogP contribution in [0.15, 0.2) is 71.6 Å². The number of halogens is 1. The summed E-state index contributed by atoms with van der Waals surface area (Å²) in [5, 5.41) is 3.48. The van der Waals surface area contributed by atoms with Crippen LogP contribution in [0, 0.1) is 13.8 Å². The number of nitrogens with one attached hydrogen (secondary N) is 1. The van der Waals surface area contributed by atoms with Gasteiger partial charge in [-0.3, -0.25) is 9.69 Å². The maximum absolute atomic E-state index is 12.9. The molecule has 3 aromatic rings. The summed E-state index contributed by atoms with van der Waals surface area (Å²) < 4.78 is 27.4. The van der Waals surface area contributed by atoms with Gasteiger partial charge in [0.05, 0.1) is 4.90 Å². The number of hydrogen-bond donors (Lipinski definition) is 1. The topological polar surface area (TPSA) is 69.7 Å². The maximum atomic E-state index is 12.9. The van der Waals surface area contributed by atoms with Crippen LogP contribution in [0.4, 0.5) is 5.69 Å². The summed E-state index contributed by atoms with van der Waals surface area (Å²) in [6, 6.07) is 19.9. The standard InChI is InChI=1S/C26H28ClN3O3S/c1-19-3-11-24(12-4-19)34(32,33)30-15-13-29(14-16-30)18-21-6-8-22(9-7-21)26(31)28-25-17-23(27)10-5-20(25)2/h3-12,17H,13-16,18H2,1-2H3,(H,28,31). The van der Waals surface area contributed by atoms with E-state index in [1.165, 1.54) is 0 Å². The van der Waals surface area contributed by atoms with Crippen molar-refractivity contribution in [3.8, 4) is 0 Å². The molecule has 8 heteroatoms. The summed E-state index contributed by atoms with van der Waals surface area (Å²) in [5.41, 5.74) is 4.31. The van der Waals surface area contributed by atoms with Gasteiger partial charge in [0, 0.05) is 49.0 Å². The van der Waals surface area contributed by atoms with E-state index in [0.717, 1.165) is 16.7 Å². The number of carbonyl (C=O) groups is 1. The van der Waals surface area contributed by atoms with E-state index in [1.54, 1.807) is 28.6 Å². The van der Waals surface area contributed by atoms with Crippen LogP contribution in [0.3, 0.4) is 0 Å². The smallest absolute Gasteiger partial charge is 0.255 e. The first-order valence-corrected chi connectivity index (χ1v) is 13.0. The quantitative estimate of drug-likeness (QED) is 0.535. The van der Waals surface area contributed by atoms with E-state index in [-0.39, 0.29) is 5.91 Å². The Labute approximate surface area is 206 Å². The lowest BCUT2D eigenvalue weighted by Crippen LogP contribution is -2.48. The van der Waals surface area contributed by atoms with Crippen LogP contribution < -0.4 is 5.32 Å². The van der Waals surface area contributed by atoms with E-state index in [4.69, 9.17) is 11.6 Å². The van der Waals surface area contributed by atoms with Crippen molar-refractivity contribution in [3.63, 3.8) is 0 Å². The molecule has 178 valence electrons. The Morgan fingerprint density at radius 1 is 0.912 bits per heavy atom. The number of nitrogens with zero attached hydrogens (tertiary/aromatic N) is 2. The zero-order valence-electron chi connectivity index (χ0n) is 19.3. The Balaban J connectivity index is 1.32. The highest BCUT2D eigenvalue weighted by atomic mass is 35.5. The van der Waals surface area contributed by atoms with Crippen molar-refractivity contribution >= 4 is 33.2 Å². The molecule has 0 aliphatic carbocycles. The fourth-order valence-corrected chi connectivity index (χ4v) is 5.52. The minimum absolute atomic E-state index is 0.188. The van der Waals surface area contributed by atoms with Crippen LogP contribution in [0.2, 0.25) is 5.02 Å². The van der Waals surface area contributed by atoms with Gasteiger partial charge < -0.3 is 5.32 Å². The van der Waals surface area contributed by atoms with E-state index >= 15 is 0 Å². The lowest BCUT2D eigenvalue weighted by Gasteiger charge is -2.34. The lowest BCUT2D eigenvalue weighted by atomic mass is 10.1. The predicted octanol–water partition coefficient (Wildman–Crippen LogP) is 4.72. The third-order valence-electron chi connectivity index (χ3n) is 6.06. The fraction of sp³-hybridized carbons (Fsp3) is 0.269. The molecule has 6 nitrogen and oxygen atoms in total. The minimum atomic E-state index is -3.47. The van der Waals surface area contributed by atoms with Gasteiger partial charge >= 0.3 is 0 Å². The fourth-order valence-electron chi connectivity index (χ4n) is 3.93. The first-order valence-electron chi connectivity index (χ1n) is 11.2. The van der Waals surface area contributed by atoms with E-state index in [9.17, 15) is 13.2 Å². The van der Waals surface area contributed by atoms with Crippen molar-refractivity contribution < 1.29 is 13.2 Å². The zero-order valence-corrected chi connectivity index (χ0v) is 20.9. The lowest BCUT2D eigenvalue weighted by molar-refractivity contribution is 0.102. The number of amides is 1. The summed E-state index contributed by atoms with van der Waals surface area (Å²) in [7, 11) is -3.47. The Kier molecular flexibility index (Phi) is 7.38. The number of piperazine rings is 1. The highest BCUT2D eigenvalue weighted by Gasteiger charge is 2.28. The molecule has 0 saturated carbocycles. The van der Waals surface area contributed by atoms with Crippen molar-refractivity contribution in [2.45, 2.75) is 25.3 Å². The van der Waals surface area contributed by atoms with Gasteiger partial charge in [0.1, 0.15) is 0 Å². The Bertz CT molecular complexity index is 1270. The number of sulfonamides is 1. The van der Waals surface area contributed by atoms with Crippen molar-refractivity contribution in [1.29, 1.82) is 0 Å². The van der Waals surface area contributed by atoms with Gasteiger partial charge in [0.15, 0.2) is 0 Å². The molecule has 1 aliphatic rings. The van der Waals surface area contributed by atoms with Gasteiger partial charge in [-0.1, -0.05) is 47.5 Å². The van der Waals surface area contributed by atoms with E-state index in [1.807, 2.05) is 56.3 Å². The Hall–Kier alpha value is -2.71. The summed E-state index contributed by atoms with van der Waals surface area (Å²) >= 11 is 6.04. The maximum Gasteiger partial charge on any atom is 0.255 e. The van der Waals surface area contributed by atoms with Gasteiger partial charge in [0.25, 0.3) is 5.91 Å². The molecule has 0 aromatic heterocycles. The van der Waals surface area contributed by atoms with Crippen LogP contribution >= 0.6 is 11.6 Å².